The number of amides is 1. The van der Waals surface area contributed by atoms with Crippen LogP contribution in [0.3, 0.4) is 0 Å². The van der Waals surface area contributed by atoms with Gasteiger partial charge >= 0.3 is 5.97 Å². The van der Waals surface area contributed by atoms with E-state index in [-0.39, 0.29) is 18.6 Å². The van der Waals surface area contributed by atoms with Crippen molar-refractivity contribution in [3.8, 4) is 5.69 Å². The number of nitrogens with zero attached hydrogens (tertiary/aromatic N) is 2. The first-order valence-corrected chi connectivity index (χ1v) is 9.74. The minimum absolute atomic E-state index is 0.0910. The third-order valence-corrected chi connectivity index (χ3v) is 5.41. The molecule has 0 saturated carbocycles. The van der Waals surface area contributed by atoms with Gasteiger partial charge in [-0.3, -0.25) is 4.79 Å². The van der Waals surface area contributed by atoms with Crippen molar-refractivity contribution in [2.45, 2.75) is 52.5 Å². The first-order chi connectivity index (χ1) is 13.0. The molecule has 1 unspecified atom stereocenters. The topological polar surface area (TPSA) is 51.5 Å². The van der Waals surface area contributed by atoms with Gasteiger partial charge in [-0.25, -0.2) is 4.79 Å². The Balaban J connectivity index is 1.69. The predicted octanol–water partition coefficient (Wildman–Crippen LogP) is 4.04. The van der Waals surface area contributed by atoms with Crippen LogP contribution in [0, 0.1) is 13.8 Å². The lowest BCUT2D eigenvalue weighted by molar-refractivity contribution is -0.138. The Morgan fingerprint density at radius 2 is 1.89 bits per heavy atom. The van der Waals surface area contributed by atoms with Gasteiger partial charge in [-0.2, -0.15) is 0 Å². The summed E-state index contributed by atoms with van der Waals surface area (Å²) in [5, 5.41) is 0. The second kappa shape index (κ2) is 8.42. The van der Waals surface area contributed by atoms with Crippen LogP contribution in [0.25, 0.3) is 5.69 Å². The number of rotatable bonds is 5. The monoisotopic (exact) mass is 368 g/mol. The lowest BCUT2D eigenvalue weighted by atomic mass is 10.00. The van der Waals surface area contributed by atoms with Crippen molar-refractivity contribution < 1.29 is 14.3 Å². The third kappa shape index (κ3) is 4.07. The van der Waals surface area contributed by atoms with Gasteiger partial charge in [-0.05, 0) is 57.7 Å². The van der Waals surface area contributed by atoms with Crippen molar-refractivity contribution in [2.75, 3.05) is 13.2 Å². The zero-order chi connectivity index (χ0) is 19.4. The van der Waals surface area contributed by atoms with Gasteiger partial charge in [0, 0.05) is 29.7 Å². The fourth-order valence-electron chi connectivity index (χ4n) is 3.99. The summed E-state index contributed by atoms with van der Waals surface area (Å²) < 4.78 is 7.40. The van der Waals surface area contributed by atoms with Gasteiger partial charge in [0.15, 0.2) is 6.61 Å². The molecule has 5 nitrogen and oxygen atoms in total. The molecule has 0 N–H and O–H groups in total. The van der Waals surface area contributed by atoms with Crippen LogP contribution in [0.4, 0.5) is 0 Å². The molecule has 5 heteroatoms. The number of para-hydroxylation sites is 1. The normalized spacial score (nSPS) is 17.0. The minimum atomic E-state index is -0.441. The van der Waals surface area contributed by atoms with Gasteiger partial charge < -0.3 is 14.2 Å². The predicted molar refractivity (Wildman–Crippen MR) is 105 cm³/mol. The largest absolute Gasteiger partial charge is 0.452 e. The Morgan fingerprint density at radius 1 is 1.15 bits per heavy atom. The van der Waals surface area contributed by atoms with Gasteiger partial charge in [0.05, 0.1) is 5.56 Å². The highest BCUT2D eigenvalue weighted by Crippen LogP contribution is 2.22. The van der Waals surface area contributed by atoms with E-state index in [0.717, 1.165) is 49.3 Å². The number of aryl methyl sites for hydroxylation is 1. The molecular formula is C22H28N2O3. The molecule has 1 fully saturated rings. The lowest BCUT2D eigenvalue weighted by Gasteiger charge is -2.35. The Labute approximate surface area is 160 Å². The van der Waals surface area contributed by atoms with Crippen molar-refractivity contribution in [1.29, 1.82) is 0 Å². The smallest absolute Gasteiger partial charge is 0.340 e. The molecule has 3 rings (SSSR count). The molecule has 1 aromatic heterocycles. The molecular weight excluding hydrogens is 340 g/mol. The van der Waals surface area contributed by atoms with Crippen LogP contribution >= 0.6 is 0 Å². The average molecular weight is 368 g/mol. The van der Waals surface area contributed by atoms with Gasteiger partial charge in [0.2, 0.25) is 0 Å². The molecule has 0 radical (unpaired) electrons. The van der Waals surface area contributed by atoms with E-state index in [4.69, 9.17) is 4.74 Å². The van der Waals surface area contributed by atoms with Crippen molar-refractivity contribution in [1.82, 2.24) is 9.47 Å². The van der Waals surface area contributed by atoms with E-state index >= 15 is 0 Å². The van der Waals surface area contributed by atoms with Crippen molar-refractivity contribution >= 4 is 11.9 Å². The van der Waals surface area contributed by atoms with Crippen LogP contribution in [0.1, 0.15) is 54.4 Å². The maximum atomic E-state index is 12.6. The Kier molecular flexibility index (Phi) is 5.99. The van der Waals surface area contributed by atoms with E-state index in [0.29, 0.717) is 5.56 Å². The highest BCUT2D eigenvalue weighted by molar-refractivity contribution is 5.93. The number of ether oxygens (including phenoxy) is 1. The number of benzene rings is 1. The summed E-state index contributed by atoms with van der Waals surface area (Å²) >= 11 is 0. The Bertz CT molecular complexity index is 810. The van der Waals surface area contributed by atoms with Crippen LogP contribution in [0.5, 0.6) is 0 Å². The number of likely N-dealkylation sites (tertiary alicyclic amines) is 1. The molecule has 2 aromatic rings. The fraction of sp³-hybridized carbons (Fsp3) is 0.455. The fourth-order valence-corrected chi connectivity index (χ4v) is 3.99. The molecule has 1 aliphatic rings. The molecule has 0 spiro atoms. The molecule has 27 heavy (non-hydrogen) atoms. The van der Waals surface area contributed by atoms with Crippen LogP contribution in [-0.2, 0) is 9.53 Å². The molecule has 1 aromatic carbocycles. The summed E-state index contributed by atoms with van der Waals surface area (Å²) in [6.45, 7) is 6.53. The lowest BCUT2D eigenvalue weighted by Crippen LogP contribution is -2.45. The number of esters is 1. The van der Waals surface area contributed by atoms with Crippen LogP contribution < -0.4 is 0 Å². The average Bonchev–Trinajstić information content (AvgIpc) is 3.00. The zero-order valence-electron chi connectivity index (χ0n) is 16.4. The van der Waals surface area contributed by atoms with Crippen molar-refractivity contribution in [3.05, 3.63) is 53.3 Å². The SMILES string of the molecule is CCC1CCCCN1C(=O)COC(=O)c1cc(C)n(-c2ccccc2)c1C. The van der Waals surface area contributed by atoms with Crippen LogP contribution in [0.2, 0.25) is 0 Å². The van der Waals surface area contributed by atoms with Gasteiger partial charge in [0.1, 0.15) is 0 Å². The number of carbonyl (C=O) groups excluding carboxylic acids is 2. The number of piperidine rings is 1. The van der Waals surface area contributed by atoms with E-state index < -0.39 is 5.97 Å². The number of hydrogen-bond donors (Lipinski definition) is 0. The second-order valence-corrected chi connectivity index (χ2v) is 7.18. The van der Waals surface area contributed by atoms with Crippen molar-refractivity contribution in [3.63, 3.8) is 0 Å². The minimum Gasteiger partial charge on any atom is -0.452 e. The van der Waals surface area contributed by atoms with E-state index in [1.54, 1.807) is 0 Å². The summed E-state index contributed by atoms with van der Waals surface area (Å²) in [6.07, 6.45) is 4.16. The third-order valence-electron chi connectivity index (χ3n) is 5.41. The van der Waals surface area contributed by atoms with Crippen molar-refractivity contribution in [2.24, 2.45) is 0 Å². The molecule has 0 bridgehead atoms. The molecule has 1 amide bonds. The highest BCUT2D eigenvalue weighted by atomic mass is 16.5. The number of carbonyl (C=O) groups is 2. The number of hydrogen-bond acceptors (Lipinski definition) is 3. The molecule has 144 valence electrons. The summed E-state index contributed by atoms with van der Waals surface area (Å²) in [5.74, 6) is -0.532. The summed E-state index contributed by atoms with van der Waals surface area (Å²) in [6, 6.07) is 12.0. The first-order valence-electron chi connectivity index (χ1n) is 9.74. The zero-order valence-corrected chi connectivity index (χ0v) is 16.4. The summed E-state index contributed by atoms with van der Waals surface area (Å²) in [5.41, 5.74) is 3.29. The second-order valence-electron chi connectivity index (χ2n) is 7.18. The van der Waals surface area contributed by atoms with Crippen LogP contribution in [0.15, 0.2) is 36.4 Å². The summed E-state index contributed by atoms with van der Waals surface area (Å²) in [7, 11) is 0. The first kappa shape index (κ1) is 19.2. The van der Waals surface area contributed by atoms with Gasteiger partial charge in [-0.15, -0.1) is 0 Å². The van der Waals surface area contributed by atoms with Gasteiger partial charge in [-0.1, -0.05) is 25.1 Å². The summed E-state index contributed by atoms with van der Waals surface area (Å²) in [4.78, 5) is 27.0. The molecule has 1 saturated heterocycles. The maximum absolute atomic E-state index is 12.6. The quantitative estimate of drug-likeness (QED) is 0.749. The van der Waals surface area contributed by atoms with E-state index in [1.165, 1.54) is 0 Å². The van der Waals surface area contributed by atoms with Crippen LogP contribution in [-0.4, -0.2) is 40.5 Å². The Hall–Kier alpha value is -2.56. The standard InChI is InChI=1S/C22H28N2O3/c1-4-18-10-8-9-13-23(18)21(25)15-27-22(26)20-14-16(2)24(17(20)3)19-11-6-5-7-12-19/h5-7,11-12,14,18H,4,8-10,13,15H2,1-3H3. The van der Waals surface area contributed by atoms with E-state index in [2.05, 4.69) is 6.92 Å². The molecule has 2 heterocycles. The highest BCUT2D eigenvalue weighted by Gasteiger charge is 2.26. The van der Waals surface area contributed by atoms with Gasteiger partial charge in [0.25, 0.3) is 5.91 Å². The van der Waals surface area contributed by atoms with E-state index in [1.807, 2.05) is 59.7 Å². The maximum Gasteiger partial charge on any atom is 0.340 e. The molecule has 1 atom stereocenters. The number of aromatic nitrogens is 1. The van der Waals surface area contributed by atoms with E-state index in [9.17, 15) is 9.59 Å². The molecule has 0 aliphatic carbocycles. The Morgan fingerprint density at radius 3 is 2.59 bits per heavy atom. The molecule has 1 aliphatic heterocycles.